The fraction of sp³-hybridized carbons (Fsp3) is 0.483. The molecule has 232 valence electrons. The Morgan fingerprint density at radius 2 is 1.82 bits per heavy atom. The van der Waals surface area contributed by atoms with Crippen molar-refractivity contribution in [2.24, 2.45) is 5.11 Å². The number of phenols is 2. The summed E-state index contributed by atoms with van der Waals surface area (Å²) < 4.78 is 16.8. The van der Waals surface area contributed by atoms with Gasteiger partial charge in [-0.3, -0.25) is 14.4 Å². The Labute approximate surface area is 249 Å². The predicted molar refractivity (Wildman–Crippen MR) is 147 cm³/mol. The van der Waals surface area contributed by atoms with Gasteiger partial charge >= 0.3 is 5.97 Å². The summed E-state index contributed by atoms with van der Waals surface area (Å²) in [6.45, 7) is 2.82. The first-order chi connectivity index (χ1) is 20.6. The number of benzene rings is 2. The van der Waals surface area contributed by atoms with Gasteiger partial charge in [-0.05, 0) is 57.6 Å². The molecule has 15 heteroatoms. The van der Waals surface area contributed by atoms with Gasteiger partial charge in [0.05, 0.1) is 41.5 Å². The second-order valence-electron chi connectivity index (χ2n) is 12.2. The number of hydrogen-bond donors (Lipinski definition) is 5. The zero-order valence-electron chi connectivity index (χ0n) is 24.3. The molecule has 2 heterocycles. The maximum Gasteiger partial charge on any atom is 0.316 e. The third-order valence-corrected chi connectivity index (χ3v) is 9.30. The van der Waals surface area contributed by atoms with E-state index in [1.807, 2.05) is 0 Å². The lowest BCUT2D eigenvalue weighted by atomic mass is 9.67. The first kappa shape index (κ1) is 29.8. The lowest BCUT2D eigenvalue weighted by Gasteiger charge is -2.53. The van der Waals surface area contributed by atoms with E-state index in [9.17, 15) is 45.4 Å². The molecule has 0 saturated carbocycles. The van der Waals surface area contributed by atoms with Crippen molar-refractivity contribution in [2.45, 2.75) is 68.0 Å². The van der Waals surface area contributed by atoms with Gasteiger partial charge in [-0.1, -0.05) is 5.11 Å². The molecule has 44 heavy (non-hydrogen) atoms. The smallest absolute Gasteiger partial charge is 0.316 e. The van der Waals surface area contributed by atoms with Crippen LogP contribution in [0.1, 0.15) is 80.8 Å². The van der Waals surface area contributed by atoms with E-state index >= 15 is 0 Å². The topological polar surface area (TPSA) is 232 Å². The number of carbonyl (C=O) groups excluding carboxylic acids is 3. The normalized spacial score (nSPS) is 33.3. The van der Waals surface area contributed by atoms with Gasteiger partial charge in [0.1, 0.15) is 41.0 Å². The fourth-order valence-corrected chi connectivity index (χ4v) is 7.23. The van der Waals surface area contributed by atoms with E-state index in [-0.39, 0.29) is 34.4 Å². The molecule has 0 spiro atoms. The van der Waals surface area contributed by atoms with Crippen LogP contribution in [0.5, 0.6) is 17.2 Å². The van der Waals surface area contributed by atoms with E-state index in [0.717, 1.165) is 19.2 Å². The first-order valence-corrected chi connectivity index (χ1v) is 13.7. The van der Waals surface area contributed by atoms with Crippen LogP contribution in [-0.2, 0) is 19.9 Å². The number of ketones is 2. The SMILES string of the molecule is COC(=O)[C@@H]1c2cc3c(c(O)c2[C@@H](N=[N+]=[N-])C[C@]1(C)O)C(=O)c1c(O)cc2c(c1C3=O)O[C@@H]1O[C@@]2(C)[C@H](O)[C@@H](N(C)C)[C@@H]1O. The average molecular weight is 611 g/mol. The first-order valence-electron chi connectivity index (χ1n) is 13.7. The van der Waals surface area contributed by atoms with Crippen molar-refractivity contribution in [3.8, 4) is 17.2 Å². The van der Waals surface area contributed by atoms with Crippen LogP contribution in [0.4, 0.5) is 0 Å². The van der Waals surface area contributed by atoms with Crippen molar-refractivity contribution >= 4 is 17.5 Å². The number of azide groups is 1. The second-order valence-corrected chi connectivity index (χ2v) is 12.2. The lowest BCUT2D eigenvalue weighted by Crippen LogP contribution is -2.68. The number of aliphatic hydroxyl groups excluding tert-OH is 2. The summed E-state index contributed by atoms with van der Waals surface area (Å²) in [7, 11) is 4.38. The third kappa shape index (κ3) is 3.74. The molecule has 2 aromatic carbocycles. The molecular weight excluding hydrogens is 580 g/mol. The molecule has 1 fully saturated rings. The Balaban J connectivity index is 1.62. The molecule has 4 aliphatic rings. The van der Waals surface area contributed by atoms with Gasteiger partial charge in [-0.25, -0.2) is 0 Å². The minimum absolute atomic E-state index is 0.0434. The van der Waals surface area contributed by atoms with Crippen LogP contribution < -0.4 is 4.74 Å². The summed E-state index contributed by atoms with van der Waals surface area (Å²) in [5.41, 5.74) is 3.78. The van der Waals surface area contributed by atoms with Crippen molar-refractivity contribution in [2.75, 3.05) is 21.2 Å². The van der Waals surface area contributed by atoms with Gasteiger partial charge in [-0.2, -0.15) is 0 Å². The van der Waals surface area contributed by atoms with Gasteiger partial charge in [0.2, 0.25) is 12.1 Å². The molecule has 0 amide bonds. The number of hydrogen-bond acceptors (Lipinski definition) is 13. The Hall–Kier alpha value is -4.24. The number of phenolic OH excluding ortho intramolecular Hbond substituents is 2. The van der Waals surface area contributed by atoms with Crippen molar-refractivity contribution in [1.29, 1.82) is 0 Å². The summed E-state index contributed by atoms with van der Waals surface area (Å²) in [4.78, 5) is 45.6. The molecule has 0 unspecified atom stereocenters. The Kier molecular flexibility index (Phi) is 6.52. The molecule has 15 nitrogen and oxygen atoms in total. The number of esters is 1. The monoisotopic (exact) mass is 610 g/mol. The fourth-order valence-electron chi connectivity index (χ4n) is 7.23. The largest absolute Gasteiger partial charge is 0.507 e. The number of aliphatic hydroxyl groups is 3. The summed E-state index contributed by atoms with van der Waals surface area (Å²) in [6.07, 6.45) is -4.45. The Morgan fingerprint density at radius 3 is 2.43 bits per heavy atom. The zero-order chi connectivity index (χ0) is 32.2. The third-order valence-electron chi connectivity index (χ3n) is 9.30. The van der Waals surface area contributed by atoms with E-state index in [4.69, 9.17) is 14.2 Å². The van der Waals surface area contributed by atoms with Gasteiger partial charge < -0.3 is 44.6 Å². The van der Waals surface area contributed by atoms with Crippen LogP contribution in [0.25, 0.3) is 10.4 Å². The number of rotatable bonds is 3. The standard InChI is InChI=1S/C29H30N4O11/c1-28(41)8-12(31-32-30)14-9(18(28)26(40)42-5)6-10-15(21(14)36)22(37)16-13(34)7-11-24(17(16)20(10)35)43-27-23(38)19(33(3)4)25(39)29(11,2)44-27/h6-7,12,18-19,23,25,27,34,36,38-39,41H,8H2,1-5H3/t12-,18-,19-,23-,25+,27+,28-,29+/m0/s1. The number of likely N-dealkylation sites (N-methyl/N-ethyl adjacent to an activating group) is 1. The van der Waals surface area contributed by atoms with Crippen LogP contribution >= 0.6 is 0 Å². The molecule has 2 aliphatic heterocycles. The molecular formula is C29H30N4O11. The van der Waals surface area contributed by atoms with Crippen molar-refractivity contribution in [1.82, 2.24) is 4.90 Å². The minimum Gasteiger partial charge on any atom is -0.507 e. The molecule has 1 saturated heterocycles. The lowest BCUT2D eigenvalue weighted by molar-refractivity contribution is -0.311. The molecule has 0 aromatic heterocycles. The minimum atomic E-state index is -1.85. The van der Waals surface area contributed by atoms with Gasteiger partial charge in [0.15, 0.2) is 5.78 Å². The van der Waals surface area contributed by atoms with E-state index in [2.05, 4.69) is 10.0 Å². The molecule has 6 rings (SSSR count). The maximum absolute atomic E-state index is 14.3. The van der Waals surface area contributed by atoms with Crippen molar-refractivity contribution < 1.29 is 54.1 Å². The summed E-state index contributed by atoms with van der Waals surface area (Å²) in [6, 6.07) is 0.202. The zero-order valence-corrected chi connectivity index (χ0v) is 24.3. The van der Waals surface area contributed by atoms with Crippen molar-refractivity contribution in [3.05, 3.63) is 61.5 Å². The molecule has 2 aliphatic carbocycles. The van der Waals surface area contributed by atoms with E-state index in [1.54, 1.807) is 19.0 Å². The summed E-state index contributed by atoms with van der Waals surface area (Å²) >= 11 is 0. The predicted octanol–water partition coefficient (Wildman–Crippen LogP) is 1.25. The quantitative estimate of drug-likeness (QED) is 0.122. The Bertz CT molecular complexity index is 1720. The number of fused-ring (bicyclic) bond motifs is 8. The van der Waals surface area contributed by atoms with Crippen LogP contribution in [-0.4, -0.2) is 99.3 Å². The molecule has 2 aromatic rings. The number of aromatic hydroxyl groups is 2. The number of carbonyl (C=O) groups is 3. The van der Waals surface area contributed by atoms with Gasteiger partial charge in [0.25, 0.3) is 0 Å². The highest BCUT2D eigenvalue weighted by atomic mass is 16.7. The number of methoxy groups -OCH3 is 1. The highest BCUT2D eigenvalue weighted by molar-refractivity contribution is 6.31. The van der Waals surface area contributed by atoms with E-state index in [1.165, 1.54) is 13.8 Å². The molecule has 2 bridgehead atoms. The van der Waals surface area contributed by atoms with Crippen LogP contribution in [0.15, 0.2) is 17.2 Å². The van der Waals surface area contributed by atoms with E-state index in [0.29, 0.717) is 0 Å². The molecule has 8 atom stereocenters. The van der Waals surface area contributed by atoms with Gasteiger partial charge in [-0.15, -0.1) is 0 Å². The number of ether oxygens (including phenoxy) is 3. The average Bonchev–Trinajstić information content (AvgIpc) is 2.94. The Morgan fingerprint density at radius 1 is 1.14 bits per heavy atom. The van der Waals surface area contributed by atoms with Crippen LogP contribution in [0.3, 0.4) is 0 Å². The summed E-state index contributed by atoms with van der Waals surface area (Å²) in [5.74, 6) is -5.84. The van der Waals surface area contributed by atoms with Crippen LogP contribution in [0.2, 0.25) is 0 Å². The second kappa shape index (κ2) is 9.63. The molecule has 5 N–H and O–H groups in total. The summed E-state index contributed by atoms with van der Waals surface area (Å²) in [5, 5.41) is 59.9. The van der Waals surface area contributed by atoms with E-state index < -0.39 is 93.4 Å². The highest BCUT2D eigenvalue weighted by Crippen LogP contribution is 2.56. The highest BCUT2D eigenvalue weighted by Gasteiger charge is 2.59. The van der Waals surface area contributed by atoms with Gasteiger partial charge in [0, 0.05) is 21.6 Å². The number of nitrogens with zero attached hydrogens (tertiary/aromatic N) is 4. The molecule has 0 radical (unpaired) electrons. The van der Waals surface area contributed by atoms with Crippen LogP contribution in [0, 0.1) is 0 Å². The maximum atomic E-state index is 14.3. The van der Waals surface area contributed by atoms with Crippen molar-refractivity contribution in [3.63, 3.8) is 0 Å².